The van der Waals surface area contributed by atoms with Crippen molar-refractivity contribution in [3.8, 4) is 5.69 Å². The third kappa shape index (κ3) is 4.60. The molecule has 1 amide bonds. The lowest BCUT2D eigenvalue weighted by atomic mass is 10.2. The number of rotatable bonds is 5. The molecule has 8 heteroatoms. The molecular formula is C23H19Cl2N5O. The fourth-order valence-corrected chi connectivity index (χ4v) is 3.73. The number of pyridine rings is 1. The Balaban J connectivity index is 1.72. The Morgan fingerprint density at radius 2 is 1.68 bits per heavy atom. The van der Waals surface area contributed by atoms with Crippen LogP contribution in [0.1, 0.15) is 28.9 Å². The van der Waals surface area contributed by atoms with Gasteiger partial charge in [-0.25, -0.2) is 9.67 Å². The second kappa shape index (κ2) is 9.29. The fraction of sp³-hybridized carbons (Fsp3) is 0.130. The molecule has 0 aliphatic heterocycles. The van der Waals surface area contributed by atoms with Crippen LogP contribution in [0.2, 0.25) is 10.0 Å². The molecule has 0 radical (unpaired) electrons. The maximum absolute atomic E-state index is 12.9. The molecule has 2 heterocycles. The first kappa shape index (κ1) is 21.0. The molecule has 0 N–H and O–H groups in total. The minimum atomic E-state index is -0.537. The molecule has 0 atom stereocenters. The van der Waals surface area contributed by atoms with E-state index in [0.717, 1.165) is 5.56 Å². The molecule has 6 nitrogen and oxygen atoms in total. The molecule has 0 fully saturated rings. The number of halogens is 2. The summed E-state index contributed by atoms with van der Waals surface area (Å²) in [5.74, 6) is 0.0198. The van der Waals surface area contributed by atoms with E-state index in [-0.39, 0.29) is 5.82 Å². The normalized spacial score (nSPS) is 11.6. The third-order valence-corrected chi connectivity index (χ3v) is 5.27. The van der Waals surface area contributed by atoms with E-state index < -0.39 is 5.91 Å². The highest BCUT2D eigenvalue weighted by Gasteiger charge is 2.19. The summed E-state index contributed by atoms with van der Waals surface area (Å²) in [7, 11) is 0. The highest BCUT2D eigenvalue weighted by molar-refractivity contribution is 6.37. The third-order valence-electron chi connectivity index (χ3n) is 4.66. The molecule has 4 rings (SSSR count). The van der Waals surface area contributed by atoms with Crippen LogP contribution in [-0.2, 0) is 13.0 Å². The molecule has 0 saturated carbocycles. The summed E-state index contributed by atoms with van der Waals surface area (Å²) in [4.78, 5) is 21.6. The number of benzene rings is 2. The van der Waals surface area contributed by atoms with E-state index in [4.69, 9.17) is 23.2 Å². The molecule has 156 valence electrons. The van der Waals surface area contributed by atoms with Crippen molar-refractivity contribution in [3.63, 3.8) is 0 Å². The van der Waals surface area contributed by atoms with E-state index in [9.17, 15) is 4.79 Å². The van der Waals surface area contributed by atoms with Gasteiger partial charge in [0.2, 0.25) is 5.82 Å². The molecule has 4 aromatic rings. The van der Waals surface area contributed by atoms with E-state index in [1.165, 1.54) is 4.68 Å². The van der Waals surface area contributed by atoms with Crippen LogP contribution in [0, 0.1) is 0 Å². The van der Waals surface area contributed by atoms with Gasteiger partial charge >= 0.3 is 5.91 Å². The first-order valence-corrected chi connectivity index (χ1v) is 10.5. The van der Waals surface area contributed by atoms with Crippen LogP contribution in [0.25, 0.3) is 5.69 Å². The standard InChI is InChI=1S/C23H19Cl2N5O/c1-2-19-26-22(28-30(19)21-17(24)11-8-12-18(21)25)23(31)27-20-13-6-7-14-29(20)15-16-9-4-3-5-10-16/h3-14H,2,15H2,1H3. The van der Waals surface area contributed by atoms with Crippen molar-refractivity contribution in [3.05, 3.63) is 106 Å². The Hall–Kier alpha value is -3.22. The van der Waals surface area contributed by atoms with E-state index in [1.54, 1.807) is 24.3 Å². The highest BCUT2D eigenvalue weighted by atomic mass is 35.5. The zero-order chi connectivity index (χ0) is 21.8. The van der Waals surface area contributed by atoms with Crippen molar-refractivity contribution < 1.29 is 4.79 Å². The van der Waals surface area contributed by atoms with Gasteiger partial charge in [0.15, 0.2) is 0 Å². The van der Waals surface area contributed by atoms with Crippen LogP contribution in [0.5, 0.6) is 0 Å². The molecule has 31 heavy (non-hydrogen) atoms. The Morgan fingerprint density at radius 1 is 0.968 bits per heavy atom. The van der Waals surface area contributed by atoms with Gasteiger partial charge in [0, 0.05) is 19.2 Å². The van der Waals surface area contributed by atoms with Gasteiger partial charge in [-0.15, -0.1) is 5.10 Å². The second-order valence-electron chi connectivity index (χ2n) is 6.78. The van der Waals surface area contributed by atoms with Gasteiger partial charge < -0.3 is 4.57 Å². The van der Waals surface area contributed by atoms with Crippen LogP contribution >= 0.6 is 23.2 Å². The monoisotopic (exact) mass is 451 g/mol. The lowest BCUT2D eigenvalue weighted by Gasteiger charge is -2.08. The first-order chi connectivity index (χ1) is 15.1. The fourth-order valence-electron chi connectivity index (χ4n) is 3.17. The van der Waals surface area contributed by atoms with Crippen molar-refractivity contribution in [2.45, 2.75) is 19.9 Å². The maximum atomic E-state index is 12.9. The molecule has 0 saturated heterocycles. The first-order valence-electron chi connectivity index (χ1n) is 9.75. The van der Waals surface area contributed by atoms with Crippen LogP contribution in [0.4, 0.5) is 0 Å². The average molecular weight is 452 g/mol. The molecule has 2 aromatic carbocycles. The van der Waals surface area contributed by atoms with Gasteiger partial charge in [0.05, 0.1) is 10.0 Å². The molecule has 0 bridgehead atoms. The predicted molar refractivity (Wildman–Crippen MR) is 121 cm³/mol. The van der Waals surface area contributed by atoms with E-state index in [0.29, 0.717) is 40.0 Å². The van der Waals surface area contributed by atoms with E-state index in [2.05, 4.69) is 15.1 Å². The Kier molecular flexibility index (Phi) is 6.30. The molecule has 0 unspecified atom stereocenters. The van der Waals surface area contributed by atoms with Crippen molar-refractivity contribution in [1.82, 2.24) is 19.3 Å². The van der Waals surface area contributed by atoms with Gasteiger partial charge in [-0.2, -0.15) is 4.99 Å². The lowest BCUT2D eigenvalue weighted by Crippen LogP contribution is -2.22. The number of carbonyl (C=O) groups excluding carboxylic acids is 1. The number of hydrogen-bond acceptors (Lipinski definition) is 3. The van der Waals surface area contributed by atoms with Gasteiger partial charge in [0.1, 0.15) is 17.0 Å². The quantitative estimate of drug-likeness (QED) is 0.440. The number of aromatic nitrogens is 4. The summed E-state index contributed by atoms with van der Waals surface area (Å²) in [6.07, 6.45) is 2.42. The van der Waals surface area contributed by atoms with E-state index >= 15 is 0 Å². The summed E-state index contributed by atoms with van der Waals surface area (Å²) < 4.78 is 3.41. The molecule has 0 aliphatic carbocycles. The number of aryl methyl sites for hydroxylation is 1. The van der Waals surface area contributed by atoms with Gasteiger partial charge in [-0.05, 0) is 29.8 Å². The summed E-state index contributed by atoms with van der Waals surface area (Å²) in [5, 5.41) is 5.21. The van der Waals surface area contributed by atoms with Crippen LogP contribution < -0.4 is 5.49 Å². The Bertz CT molecular complexity index is 1270. The molecule has 0 spiro atoms. The van der Waals surface area contributed by atoms with E-state index in [1.807, 2.05) is 60.2 Å². The minimum Gasteiger partial charge on any atom is -0.328 e. The topological polar surface area (TPSA) is 65.1 Å². The number of nitrogens with zero attached hydrogens (tertiary/aromatic N) is 5. The zero-order valence-electron chi connectivity index (χ0n) is 16.7. The second-order valence-corrected chi connectivity index (χ2v) is 7.59. The van der Waals surface area contributed by atoms with Crippen molar-refractivity contribution in [1.29, 1.82) is 0 Å². The SMILES string of the molecule is CCc1nc(C(=O)N=c2ccccn2Cc2ccccc2)nn1-c1c(Cl)cccc1Cl. The Morgan fingerprint density at radius 3 is 2.39 bits per heavy atom. The predicted octanol–water partition coefficient (Wildman–Crippen LogP) is 4.73. The summed E-state index contributed by atoms with van der Waals surface area (Å²) in [5.41, 5.74) is 2.11. The molecule has 0 aliphatic rings. The van der Waals surface area contributed by atoms with Crippen molar-refractivity contribution in [2.75, 3.05) is 0 Å². The van der Waals surface area contributed by atoms with Crippen molar-refractivity contribution in [2.24, 2.45) is 4.99 Å². The molecule has 2 aromatic heterocycles. The largest absolute Gasteiger partial charge is 0.328 e. The number of carbonyl (C=O) groups is 1. The highest BCUT2D eigenvalue weighted by Crippen LogP contribution is 2.28. The van der Waals surface area contributed by atoms with Gasteiger partial charge in [-0.1, -0.05) is 72.6 Å². The van der Waals surface area contributed by atoms with Crippen molar-refractivity contribution >= 4 is 29.1 Å². The van der Waals surface area contributed by atoms with Gasteiger partial charge in [-0.3, -0.25) is 4.79 Å². The number of hydrogen-bond donors (Lipinski definition) is 0. The average Bonchev–Trinajstić information content (AvgIpc) is 3.20. The summed E-state index contributed by atoms with van der Waals surface area (Å²) in [6.45, 7) is 2.51. The van der Waals surface area contributed by atoms with Crippen LogP contribution in [0.3, 0.4) is 0 Å². The van der Waals surface area contributed by atoms with Crippen LogP contribution in [-0.4, -0.2) is 25.2 Å². The summed E-state index contributed by atoms with van der Waals surface area (Å²) in [6, 6.07) is 20.7. The molecular weight excluding hydrogens is 433 g/mol. The lowest BCUT2D eigenvalue weighted by molar-refractivity contribution is 0.0987. The number of para-hydroxylation sites is 1. The smallest absolute Gasteiger partial charge is 0.318 e. The Labute approximate surface area is 189 Å². The van der Waals surface area contributed by atoms with Gasteiger partial charge in [0.25, 0.3) is 0 Å². The van der Waals surface area contributed by atoms with Crippen LogP contribution in [0.15, 0.2) is 77.9 Å². The summed E-state index contributed by atoms with van der Waals surface area (Å²) >= 11 is 12.6. The minimum absolute atomic E-state index is 0.0112. The zero-order valence-corrected chi connectivity index (χ0v) is 18.3. The maximum Gasteiger partial charge on any atom is 0.318 e. The number of amides is 1.